The van der Waals surface area contributed by atoms with Crippen LogP contribution in [0.4, 0.5) is 11.5 Å². The summed E-state index contributed by atoms with van der Waals surface area (Å²) in [5.74, 6) is 0.116. The normalized spacial score (nSPS) is 15.2. The predicted octanol–water partition coefficient (Wildman–Crippen LogP) is 4.65. The molecule has 0 fully saturated rings. The van der Waals surface area contributed by atoms with Gasteiger partial charge >= 0.3 is 0 Å². The van der Waals surface area contributed by atoms with Crippen molar-refractivity contribution in [2.75, 3.05) is 10.6 Å². The quantitative estimate of drug-likeness (QED) is 0.659. The van der Waals surface area contributed by atoms with Crippen molar-refractivity contribution in [1.82, 2.24) is 9.78 Å². The number of amides is 2. The molecule has 4 rings (SSSR count). The number of rotatable bonds is 4. The summed E-state index contributed by atoms with van der Waals surface area (Å²) < 4.78 is 1.61. The van der Waals surface area contributed by atoms with E-state index >= 15 is 0 Å². The molecule has 29 heavy (non-hydrogen) atoms. The molecule has 1 aromatic heterocycles. The average molecular weight is 409 g/mol. The molecule has 2 aromatic carbocycles. The zero-order chi connectivity index (χ0) is 20.7. The van der Waals surface area contributed by atoms with Crippen LogP contribution in [0.3, 0.4) is 0 Å². The standard InChI is InChI=1S/C22H21ClN4O2/c1-12-7-13(2)9-17(8-12)24-19(28)11-18-22(29)25-21-20(14(3)26-27(18)21)15-5-4-6-16(23)10-15/h4-10,18H,11H2,1-3H3,(H,24,28)(H,25,29). The van der Waals surface area contributed by atoms with Gasteiger partial charge in [0.2, 0.25) is 5.91 Å². The van der Waals surface area contributed by atoms with Crippen molar-refractivity contribution in [2.45, 2.75) is 33.2 Å². The van der Waals surface area contributed by atoms with E-state index in [4.69, 9.17) is 11.6 Å². The van der Waals surface area contributed by atoms with Gasteiger partial charge in [-0.25, -0.2) is 4.68 Å². The molecule has 0 spiro atoms. The highest BCUT2D eigenvalue weighted by Gasteiger charge is 2.36. The van der Waals surface area contributed by atoms with Crippen LogP contribution >= 0.6 is 11.6 Å². The minimum absolute atomic E-state index is 0.00191. The average Bonchev–Trinajstić information content (AvgIpc) is 3.08. The summed E-state index contributed by atoms with van der Waals surface area (Å²) in [6.07, 6.45) is 0.00191. The summed E-state index contributed by atoms with van der Waals surface area (Å²) in [4.78, 5) is 25.2. The van der Waals surface area contributed by atoms with Gasteiger partial charge in [0.15, 0.2) is 0 Å². The third kappa shape index (κ3) is 3.76. The number of benzene rings is 2. The third-order valence-corrected chi connectivity index (χ3v) is 5.16. The molecule has 0 radical (unpaired) electrons. The maximum Gasteiger partial charge on any atom is 0.251 e. The second-order valence-corrected chi connectivity index (χ2v) is 7.83. The van der Waals surface area contributed by atoms with Crippen LogP contribution in [0.5, 0.6) is 0 Å². The summed E-state index contributed by atoms with van der Waals surface area (Å²) in [6.45, 7) is 5.83. The summed E-state index contributed by atoms with van der Waals surface area (Å²) in [5, 5.41) is 10.9. The number of hydrogen-bond acceptors (Lipinski definition) is 3. The number of carbonyl (C=O) groups is 2. The van der Waals surface area contributed by atoms with Crippen molar-refractivity contribution in [3.8, 4) is 11.1 Å². The minimum atomic E-state index is -0.692. The van der Waals surface area contributed by atoms with Crippen molar-refractivity contribution in [1.29, 1.82) is 0 Å². The highest BCUT2D eigenvalue weighted by molar-refractivity contribution is 6.30. The van der Waals surface area contributed by atoms with Gasteiger partial charge in [-0.05, 0) is 61.7 Å². The molecule has 6 nitrogen and oxygen atoms in total. The van der Waals surface area contributed by atoms with E-state index in [1.165, 1.54) is 0 Å². The highest BCUT2D eigenvalue weighted by Crippen LogP contribution is 2.38. The molecule has 1 atom stereocenters. The Balaban J connectivity index is 1.59. The Morgan fingerprint density at radius 1 is 1.17 bits per heavy atom. The molecule has 7 heteroatoms. The predicted molar refractivity (Wildman–Crippen MR) is 114 cm³/mol. The van der Waals surface area contributed by atoms with Crippen molar-refractivity contribution >= 4 is 34.9 Å². The molecule has 0 aliphatic carbocycles. The molecule has 3 aromatic rings. The first-order valence-electron chi connectivity index (χ1n) is 9.36. The molecule has 2 N–H and O–H groups in total. The Bertz CT molecular complexity index is 1120. The molecule has 2 heterocycles. The number of nitrogens with one attached hydrogen (secondary N) is 2. The van der Waals surface area contributed by atoms with E-state index in [1.54, 1.807) is 10.7 Å². The van der Waals surface area contributed by atoms with E-state index in [9.17, 15) is 9.59 Å². The van der Waals surface area contributed by atoms with Crippen LogP contribution in [-0.4, -0.2) is 21.6 Å². The number of nitrogens with zero attached hydrogens (tertiary/aromatic N) is 2. The van der Waals surface area contributed by atoms with Gasteiger partial charge in [-0.1, -0.05) is 29.8 Å². The molecule has 148 valence electrons. The number of anilines is 2. The summed E-state index contributed by atoms with van der Waals surface area (Å²) in [6, 6.07) is 12.6. The molecule has 0 bridgehead atoms. The fourth-order valence-corrected chi connectivity index (χ4v) is 4.00. The third-order valence-electron chi connectivity index (χ3n) is 4.92. The Morgan fingerprint density at radius 3 is 2.59 bits per heavy atom. The molecular weight excluding hydrogens is 388 g/mol. The highest BCUT2D eigenvalue weighted by atomic mass is 35.5. The Labute approximate surface area is 173 Å². The van der Waals surface area contributed by atoms with Gasteiger partial charge < -0.3 is 10.6 Å². The first-order valence-corrected chi connectivity index (χ1v) is 9.73. The van der Waals surface area contributed by atoms with Crippen LogP contribution in [0.15, 0.2) is 42.5 Å². The van der Waals surface area contributed by atoms with E-state index in [0.29, 0.717) is 10.8 Å². The first kappa shape index (κ1) is 19.2. The van der Waals surface area contributed by atoms with Gasteiger partial charge in [0.1, 0.15) is 11.9 Å². The lowest BCUT2D eigenvalue weighted by molar-refractivity contribution is -0.123. The lowest BCUT2D eigenvalue weighted by Crippen LogP contribution is -2.23. The van der Waals surface area contributed by atoms with Crippen molar-refractivity contribution in [3.63, 3.8) is 0 Å². The number of aryl methyl sites for hydroxylation is 3. The lowest BCUT2D eigenvalue weighted by Gasteiger charge is -2.11. The topological polar surface area (TPSA) is 76.0 Å². The number of hydrogen-bond donors (Lipinski definition) is 2. The van der Waals surface area contributed by atoms with E-state index in [1.807, 2.05) is 57.2 Å². The second kappa shape index (κ2) is 7.37. The molecule has 1 aliphatic rings. The second-order valence-electron chi connectivity index (χ2n) is 7.40. The van der Waals surface area contributed by atoms with E-state index < -0.39 is 6.04 Å². The summed E-state index contributed by atoms with van der Waals surface area (Å²) in [7, 11) is 0. The van der Waals surface area contributed by atoms with Crippen LogP contribution in [0.25, 0.3) is 11.1 Å². The number of fused-ring (bicyclic) bond motifs is 1. The molecule has 0 saturated heterocycles. The Hall–Kier alpha value is -3.12. The molecule has 2 amide bonds. The zero-order valence-electron chi connectivity index (χ0n) is 16.4. The van der Waals surface area contributed by atoms with Crippen LogP contribution in [0, 0.1) is 20.8 Å². The maximum atomic E-state index is 12.6. The van der Waals surface area contributed by atoms with Gasteiger partial charge in [0.25, 0.3) is 5.91 Å². The minimum Gasteiger partial charge on any atom is -0.326 e. The van der Waals surface area contributed by atoms with Gasteiger partial charge in [-0.2, -0.15) is 5.10 Å². The summed E-state index contributed by atoms with van der Waals surface area (Å²) >= 11 is 6.12. The Morgan fingerprint density at radius 2 is 1.90 bits per heavy atom. The van der Waals surface area contributed by atoms with Crippen LogP contribution in [-0.2, 0) is 9.59 Å². The van der Waals surface area contributed by atoms with Crippen LogP contribution in [0.1, 0.15) is 29.3 Å². The monoisotopic (exact) mass is 408 g/mol. The maximum absolute atomic E-state index is 12.6. The van der Waals surface area contributed by atoms with Crippen molar-refractivity contribution in [2.24, 2.45) is 0 Å². The Kier molecular flexibility index (Phi) is 4.88. The molecule has 1 unspecified atom stereocenters. The van der Waals surface area contributed by atoms with E-state index in [2.05, 4.69) is 15.7 Å². The SMILES string of the molecule is Cc1cc(C)cc(NC(=O)CC2C(=O)Nc3c(-c4cccc(Cl)c4)c(C)nn32)c1. The largest absolute Gasteiger partial charge is 0.326 e. The van der Waals surface area contributed by atoms with Crippen molar-refractivity contribution < 1.29 is 9.59 Å². The van der Waals surface area contributed by atoms with Gasteiger partial charge in [-0.15, -0.1) is 0 Å². The van der Waals surface area contributed by atoms with Gasteiger partial charge in [0, 0.05) is 16.3 Å². The van der Waals surface area contributed by atoms with E-state index in [-0.39, 0.29) is 18.2 Å². The zero-order valence-corrected chi connectivity index (χ0v) is 17.2. The van der Waals surface area contributed by atoms with Crippen LogP contribution in [0.2, 0.25) is 5.02 Å². The number of halogens is 1. The van der Waals surface area contributed by atoms with Gasteiger partial charge in [0.05, 0.1) is 12.1 Å². The molecule has 1 aliphatic heterocycles. The fourth-order valence-electron chi connectivity index (χ4n) is 3.81. The van der Waals surface area contributed by atoms with Gasteiger partial charge in [-0.3, -0.25) is 9.59 Å². The van der Waals surface area contributed by atoms with E-state index in [0.717, 1.165) is 33.6 Å². The number of aromatic nitrogens is 2. The number of carbonyl (C=O) groups excluding carboxylic acids is 2. The first-order chi connectivity index (χ1) is 13.8. The summed E-state index contributed by atoms with van der Waals surface area (Å²) in [5.41, 5.74) is 5.31. The molecule has 0 saturated carbocycles. The van der Waals surface area contributed by atoms with Crippen molar-refractivity contribution in [3.05, 3.63) is 64.3 Å². The molecular formula is C22H21ClN4O2. The fraction of sp³-hybridized carbons (Fsp3) is 0.227. The van der Waals surface area contributed by atoms with Crippen LogP contribution < -0.4 is 10.6 Å². The lowest BCUT2D eigenvalue weighted by atomic mass is 10.1. The smallest absolute Gasteiger partial charge is 0.251 e.